The number of carbonyl (C=O) groups excluding carboxylic acids is 5. The summed E-state index contributed by atoms with van der Waals surface area (Å²) in [6.45, 7) is 4.17. The van der Waals surface area contributed by atoms with Crippen molar-refractivity contribution in [2.24, 2.45) is 29.4 Å². The highest BCUT2D eigenvalue weighted by Crippen LogP contribution is 2.38. The van der Waals surface area contributed by atoms with Crippen molar-refractivity contribution in [3.8, 4) is 0 Å². The van der Waals surface area contributed by atoms with Gasteiger partial charge in [-0.15, -0.1) is 0 Å². The van der Waals surface area contributed by atoms with Gasteiger partial charge in [-0.25, -0.2) is 0 Å². The Kier molecular flexibility index (Phi) is 14.3. The number of nitrogens with two attached hydrogens (primary N) is 1. The summed E-state index contributed by atoms with van der Waals surface area (Å²) < 4.78 is 8.93. The number of carbonyl (C=O) groups is 5. The molecule has 11 heteroatoms. The number of aliphatic hydroxyl groups is 2. The summed E-state index contributed by atoms with van der Waals surface area (Å²) in [5.74, 6) is -1.28. The van der Waals surface area contributed by atoms with Gasteiger partial charge < -0.3 is 25.4 Å². The molecule has 4 rings (SSSR count). The monoisotopic (exact) mass is 500 g/mol. The number of β-amino-alcohol motifs (C(OH)–C–C–N with tert-alkyl or cyclic N) is 1. The number of ether oxygens (including phenoxy) is 2. The van der Waals surface area contributed by atoms with Gasteiger partial charge >= 0.3 is 17.9 Å². The molecule has 200 valence electrons. The summed E-state index contributed by atoms with van der Waals surface area (Å²) in [6.07, 6.45) is 7.59. The van der Waals surface area contributed by atoms with Crippen molar-refractivity contribution in [2.75, 3.05) is 32.9 Å². The van der Waals surface area contributed by atoms with E-state index in [2.05, 4.69) is 9.47 Å². The normalized spacial score (nSPS) is 26.6. The summed E-state index contributed by atoms with van der Waals surface area (Å²) >= 11 is 0. The Bertz CT molecular complexity index is 680. The minimum Gasteiger partial charge on any atom is -0.466 e. The van der Waals surface area contributed by atoms with Crippen LogP contribution < -0.4 is 5.73 Å². The minimum atomic E-state index is -0.292. The zero-order valence-corrected chi connectivity index (χ0v) is 20.8. The maximum absolute atomic E-state index is 11.7. The van der Waals surface area contributed by atoms with Gasteiger partial charge in [-0.3, -0.25) is 28.9 Å². The number of rotatable bonds is 4. The molecule has 2 saturated carbocycles. The Balaban J connectivity index is 0.000000260. The molecule has 0 aromatic heterocycles. The number of hydrogen-bond acceptors (Lipinski definition) is 10. The Morgan fingerprint density at radius 1 is 0.886 bits per heavy atom. The summed E-state index contributed by atoms with van der Waals surface area (Å²) in [7, 11) is 0. The van der Waals surface area contributed by atoms with Crippen LogP contribution in [-0.2, 0) is 33.4 Å². The molecule has 0 radical (unpaired) electrons. The van der Waals surface area contributed by atoms with Gasteiger partial charge in [0.05, 0.1) is 50.0 Å². The third-order valence-electron chi connectivity index (χ3n) is 6.31. The molecular formula is C24H40N2O9. The van der Waals surface area contributed by atoms with Crippen LogP contribution >= 0.6 is 0 Å². The van der Waals surface area contributed by atoms with E-state index in [1.807, 2.05) is 0 Å². The van der Waals surface area contributed by atoms with Gasteiger partial charge in [0.2, 0.25) is 11.8 Å². The maximum Gasteiger partial charge on any atom is 0.317 e. The number of aliphatic hydroxyl groups excluding tert-OH is 2. The first-order chi connectivity index (χ1) is 16.7. The number of fused-ring (bicyclic) bond motifs is 2. The molecule has 0 aromatic rings. The fraction of sp³-hybridized carbons (Fsp3) is 0.792. The number of imide groups is 1. The molecule has 4 fully saturated rings. The van der Waals surface area contributed by atoms with Crippen LogP contribution in [-0.4, -0.2) is 77.7 Å². The predicted octanol–water partition coefficient (Wildman–Crippen LogP) is 0.537. The van der Waals surface area contributed by atoms with Crippen LogP contribution in [0.4, 0.5) is 0 Å². The smallest absolute Gasteiger partial charge is 0.317 e. The fourth-order valence-electron chi connectivity index (χ4n) is 4.70. The van der Waals surface area contributed by atoms with Gasteiger partial charge in [-0.1, -0.05) is 25.7 Å². The van der Waals surface area contributed by atoms with Crippen LogP contribution in [0.5, 0.6) is 0 Å². The van der Waals surface area contributed by atoms with Crippen LogP contribution in [0.3, 0.4) is 0 Å². The lowest BCUT2D eigenvalue weighted by Crippen LogP contribution is -2.33. The number of esters is 3. The summed E-state index contributed by atoms with van der Waals surface area (Å²) in [5, 5.41) is 16.5. The first kappa shape index (κ1) is 30.7. The molecule has 4 unspecified atom stereocenters. The second kappa shape index (κ2) is 16.3. The van der Waals surface area contributed by atoms with Gasteiger partial charge in [0.1, 0.15) is 0 Å². The third-order valence-corrected chi connectivity index (χ3v) is 6.31. The van der Waals surface area contributed by atoms with Crippen LogP contribution in [0.1, 0.15) is 65.2 Å². The Hall–Kier alpha value is -2.37. The van der Waals surface area contributed by atoms with E-state index in [1.165, 1.54) is 11.8 Å². The highest BCUT2D eigenvalue weighted by molar-refractivity contribution is 6.05. The molecule has 4 aliphatic rings. The van der Waals surface area contributed by atoms with E-state index in [1.54, 1.807) is 6.92 Å². The predicted molar refractivity (Wildman–Crippen MR) is 124 cm³/mol. The quantitative estimate of drug-likeness (QED) is 0.281. The summed E-state index contributed by atoms with van der Waals surface area (Å²) in [6, 6.07) is 0. The van der Waals surface area contributed by atoms with Crippen LogP contribution in [0, 0.1) is 23.7 Å². The lowest BCUT2D eigenvalue weighted by Gasteiger charge is -2.19. The largest absolute Gasteiger partial charge is 0.466 e. The first-order valence-corrected chi connectivity index (χ1v) is 12.4. The second-order valence-electron chi connectivity index (χ2n) is 8.72. The third kappa shape index (κ3) is 9.30. The molecule has 35 heavy (non-hydrogen) atoms. The molecule has 2 amide bonds. The Morgan fingerprint density at radius 3 is 1.57 bits per heavy atom. The van der Waals surface area contributed by atoms with E-state index in [4.69, 9.17) is 15.9 Å². The van der Waals surface area contributed by atoms with Gasteiger partial charge in [0.15, 0.2) is 0 Å². The lowest BCUT2D eigenvalue weighted by molar-refractivity contribution is -0.154. The molecule has 2 saturated heterocycles. The number of cyclic esters (lactones) is 2. The van der Waals surface area contributed by atoms with Crippen molar-refractivity contribution in [1.82, 2.24) is 4.90 Å². The molecule has 2 aliphatic carbocycles. The Morgan fingerprint density at radius 2 is 1.29 bits per heavy atom. The standard InChI is InChI=1S/C10H15NO3.C8H10O3.C4H8O2.C2H7NO/c12-6-5-11-9(13)7-3-1-2-4-8(7)10(11)14;9-7-5-3-1-2-4-6(5)8(10)11-7;1-3-6-4(2)5;3-1-2-4/h7-8,12H,1-6H2;5-6H,1-4H2;3H2,1-2H3;4H,1-3H2. The lowest BCUT2D eigenvalue weighted by atomic mass is 9.81. The average Bonchev–Trinajstić information content (AvgIpc) is 3.28. The fourth-order valence-corrected chi connectivity index (χ4v) is 4.70. The van der Waals surface area contributed by atoms with Gasteiger partial charge in [0.25, 0.3) is 0 Å². The van der Waals surface area contributed by atoms with Crippen molar-refractivity contribution >= 4 is 29.7 Å². The van der Waals surface area contributed by atoms with E-state index in [9.17, 15) is 24.0 Å². The summed E-state index contributed by atoms with van der Waals surface area (Å²) in [5.41, 5.74) is 4.78. The van der Waals surface area contributed by atoms with Crippen LogP contribution in [0.25, 0.3) is 0 Å². The molecule has 2 heterocycles. The van der Waals surface area contributed by atoms with E-state index in [0.29, 0.717) is 13.2 Å². The number of likely N-dealkylation sites (tertiary alicyclic amines) is 1. The molecule has 0 spiro atoms. The maximum atomic E-state index is 11.7. The van der Waals surface area contributed by atoms with E-state index >= 15 is 0 Å². The van der Waals surface area contributed by atoms with Crippen molar-refractivity contribution in [3.05, 3.63) is 0 Å². The van der Waals surface area contributed by atoms with Crippen molar-refractivity contribution in [2.45, 2.75) is 65.2 Å². The highest BCUT2D eigenvalue weighted by atomic mass is 16.6. The van der Waals surface area contributed by atoms with Crippen molar-refractivity contribution < 1.29 is 43.7 Å². The number of amides is 2. The topological polar surface area (TPSA) is 174 Å². The molecule has 0 bridgehead atoms. The molecule has 4 N–H and O–H groups in total. The van der Waals surface area contributed by atoms with Crippen LogP contribution in [0.15, 0.2) is 0 Å². The van der Waals surface area contributed by atoms with E-state index in [0.717, 1.165) is 51.4 Å². The molecular weight excluding hydrogens is 460 g/mol. The van der Waals surface area contributed by atoms with Crippen molar-refractivity contribution in [3.63, 3.8) is 0 Å². The Labute approximate surface area is 206 Å². The highest BCUT2D eigenvalue weighted by Gasteiger charge is 2.47. The van der Waals surface area contributed by atoms with E-state index < -0.39 is 0 Å². The zero-order valence-electron chi connectivity index (χ0n) is 20.8. The molecule has 11 nitrogen and oxygen atoms in total. The molecule has 2 aliphatic heterocycles. The second-order valence-corrected chi connectivity index (χ2v) is 8.72. The van der Waals surface area contributed by atoms with Gasteiger partial charge in [-0.05, 0) is 32.6 Å². The van der Waals surface area contributed by atoms with E-state index in [-0.39, 0.29) is 73.2 Å². The minimum absolute atomic E-state index is 0.0613. The van der Waals surface area contributed by atoms with Crippen molar-refractivity contribution in [1.29, 1.82) is 0 Å². The molecule has 4 atom stereocenters. The summed E-state index contributed by atoms with van der Waals surface area (Å²) in [4.78, 5) is 56.5. The van der Waals surface area contributed by atoms with Gasteiger partial charge in [-0.2, -0.15) is 0 Å². The average molecular weight is 501 g/mol. The first-order valence-electron chi connectivity index (χ1n) is 12.4. The number of hydrogen-bond donors (Lipinski definition) is 3. The number of nitrogens with zero attached hydrogens (tertiary/aromatic N) is 1. The zero-order chi connectivity index (χ0) is 26.4. The van der Waals surface area contributed by atoms with Crippen LogP contribution in [0.2, 0.25) is 0 Å². The SMILES string of the molecule is CCOC(C)=O.NCCO.O=C1C2CCCCC2C(=O)N1CCO.O=C1OC(=O)C2CCCCC12. The molecule has 0 aromatic carbocycles. The van der Waals surface area contributed by atoms with Gasteiger partial charge in [0, 0.05) is 13.5 Å².